The highest BCUT2D eigenvalue weighted by atomic mass is 79.9. The number of ether oxygens (including phenoxy) is 3. The molecule has 4 aliphatic rings. The number of aliphatic hydroxyl groups is 1. The van der Waals surface area contributed by atoms with Gasteiger partial charge in [0.05, 0.1) is 71.0 Å². The second-order valence-corrected chi connectivity index (χ2v) is 25.4. The van der Waals surface area contributed by atoms with Gasteiger partial charge in [-0.05, 0) is 129 Å². The molecule has 23 nitrogen and oxygen atoms in total. The van der Waals surface area contributed by atoms with Crippen molar-refractivity contribution in [1.29, 1.82) is 0 Å². The lowest BCUT2D eigenvalue weighted by Crippen LogP contribution is -2.49. The maximum atomic E-state index is 13.6. The van der Waals surface area contributed by atoms with Gasteiger partial charge >= 0.3 is 11.8 Å². The summed E-state index contributed by atoms with van der Waals surface area (Å²) >= 11 is 3.64. The van der Waals surface area contributed by atoms with Crippen LogP contribution in [0.25, 0.3) is 0 Å². The van der Waals surface area contributed by atoms with Crippen molar-refractivity contribution in [3.63, 3.8) is 0 Å². The van der Waals surface area contributed by atoms with Crippen LogP contribution in [0.15, 0.2) is 74.8 Å². The Morgan fingerprint density at radius 2 is 1.68 bits per heavy atom. The Kier molecular flexibility index (Phi) is 24.1. The number of nitrogens with one attached hydrogen (secondary N) is 3. The van der Waals surface area contributed by atoms with Crippen molar-refractivity contribution < 1.29 is 78.6 Å². The number of halogens is 1. The van der Waals surface area contributed by atoms with Gasteiger partial charge in [0.25, 0.3) is 21.9 Å². The van der Waals surface area contributed by atoms with E-state index >= 15 is 0 Å². The molecule has 1 fully saturated rings. The summed E-state index contributed by atoms with van der Waals surface area (Å²) < 4.78 is 91.6. The second kappa shape index (κ2) is 30.0. The molecule has 5 atom stereocenters. The topological polar surface area (TPSA) is 313 Å². The predicted octanol–water partition coefficient (Wildman–Crippen LogP) is 4.83. The summed E-state index contributed by atoms with van der Waals surface area (Å²) in [4.78, 5) is 74.0. The summed E-state index contributed by atoms with van der Waals surface area (Å²) in [7, 11) is -9.10. The Morgan fingerprint density at radius 3 is 2.39 bits per heavy atom. The number of carbonyl (C=O) groups is 5. The number of pyridine rings is 1. The molecule has 1 saturated heterocycles. The Balaban J connectivity index is 1.22. The summed E-state index contributed by atoms with van der Waals surface area (Å²) in [5.41, 5.74) is 2.96. The number of hydrogen-bond donors (Lipinski definition) is 5. The number of aromatic nitrogens is 1. The van der Waals surface area contributed by atoms with Crippen LogP contribution >= 0.6 is 15.9 Å². The molecule has 4 amide bonds. The van der Waals surface area contributed by atoms with Gasteiger partial charge in [-0.25, -0.2) is 17.8 Å². The van der Waals surface area contributed by atoms with Crippen LogP contribution in [-0.4, -0.2) is 148 Å². The molecule has 0 radical (unpaired) electrons. The first-order valence-corrected chi connectivity index (χ1v) is 31.6. The third-order valence-electron chi connectivity index (χ3n) is 15.1. The molecule has 5 N–H and O–H groups in total. The second-order valence-electron chi connectivity index (χ2n) is 21.3. The van der Waals surface area contributed by atoms with E-state index in [1.165, 1.54) is 19.1 Å². The molecule has 6 rings (SSSR count). The summed E-state index contributed by atoms with van der Waals surface area (Å²) in [6, 6.07) is 3.99. The van der Waals surface area contributed by atoms with Crippen LogP contribution in [0.2, 0.25) is 0 Å². The Hall–Kier alpha value is -5.29. The quantitative estimate of drug-likeness (QED) is 0.0650. The number of nitrogens with zero attached hydrogens (tertiary/aromatic N) is 4. The average molecular weight is 1250 g/mol. The van der Waals surface area contributed by atoms with Crippen molar-refractivity contribution in [3.05, 3.63) is 81.6 Å². The fraction of sp³-hybridized carbons (Fsp3) is 0.589. The van der Waals surface area contributed by atoms with Crippen LogP contribution in [-0.2, 0) is 80.6 Å². The van der Waals surface area contributed by atoms with Gasteiger partial charge in [0.15, 0.2) is 5.71 Å². The zero-order chi connectivity index (χ0) is 59.8. The number of hydroxylamine groups is 2. The maximum absolute atomic E-state index is 13.6. The van der Waals surface area contributed by atoms with Gasteiger partial charge in [0, 0.05) is 81.8 Å². The number of anilines is 1. The van der Waals surface area contributed by atoms with Crippen LogP contribution in [0, 0.1) is 6.92 Å². The largest absolute Gasteiger partial charge is 0.744 e. The van der Waals surface area contributed by atoms with E-state index in [0.717, 1.165) is 34.3 Å². The highest BCUT2D eigenvalue weighted by molar-refractivity contribution is 9.10. The van der Waals surface area contributed by atoms with Crippen LogP contribution in [0.4, 0.5) is 11.5 Å². The van der Waals surface area contributed by atoms with Crippen molar-refractivity contribution >= 4 is 83.0 Å². The number of aliphatic hydroxyl groups excluding tert-OH is 1. The summed E-state index contributed by atoms with van der Waals surface area (Å²) in [5, 5.41) is 19.3. The zero-order valence-electron chi connectivity index (χ0n) is 47.3. The van der Waals surface area contributed by atoms with Crippen LogP contribution < -0.4 is 25.4 Å². The number of hydrogen-bond acceptors (Lipinski definition) is 18. The number of rotatable bonds is 16. The maximum Gasteiger partial charge on any atom is 0.335 e. The molecule has 0 bridgehead atoms. The lowest BCUT2D eigenvalue weighted by Gasteiger charge is -2.30. The Bertz CT molecular complexity index is 2990. The highest BCUT2D eigenvalue weighted by Crippen LogP contribution is 2.52. The van der Waals surface area contributed by atoms with E-state index in [2.05, 4.69) is 43.7 Å². The number of amides is 4. The number of benzene rings is 1. The molecule has 0 saturated carbocycles. The molecule has 0 aliphatic carbocycles. The normalized spacial score (nSPS) is 24.8. The molecule has 82 heavy (non-hydrogen) atoms. The standard InChI is InChI=1S/C56H78BrN7O16S2/c1-6-7-26-63-46-15-10-8-9-14-45-55(4,43-35-40(57)37-62(53(43)61-45)27-18-39(3)81(71,72)73)22-31-78-29-20-48(66)60-44(54(70)59-25-33-79-30-21-51(69)80-64-49(67)16-17-50(64)68)13-11-12-24-58-47(65)19-28-77-32-23-56(46,5)42-36-41(82(74,75)76)34-38(2)52(42)63/h8-10,14-15,34-37,39,44,48,60,66H,6-7,11-13,16-33H2,1-5H3,(H3-,58,59,65,70,71,72,73,74,75,76). The van der Waals surface area contributed by atoms with Crippen molar-refractivity contribution in [2.24, 2.45) is 4.99 Å². The number of fused-ring (bicyclic) bond motifs is 6. The van der Waals surface area contributed by atoms with Crippen molar-refractivity contribution in [3.8, 4) is 0 Å². The van der Waals surface area contributed by atoms with Gasteiger partial charge in [0.1, 0.15) is 22.5 Å². The summed E-state index contributed by atoms with van der Waals surface area (Å²) in [6.45, 7) is 11.1. The van der Waals surface area contributed by atoms with Gasteiger partial charge in [-0.3, -0.25) is 29.0 Å². The van der Waals surface area contributed by atoms with E-state index in [1.54, 1.807) is 6.92 Å². The van der Waals surface area contributed by atoms with Crippen LogP contribution in [0.1, 0.15) is 128 Å². The summed E-state index contributed by atoms with van der Waals surface area (Å²) in [5.74, 6) is -2.07. The fourth-order valence-electron chi connectivity index (χ4n) is 10.2. The van der Waals surface area contributed by atoms with E-state index in [9.17, 15) is 55.0 Å². The smallest absolute Gasteiger partial charge is 0.335 e. The van der Waals surface area contributed by atoms with Gasteiger partial charge in [-0.15, -0.1) is 5.06 Å². The first kappa shape index (κ1) is 65.9. The molecule has 1 aromatic heterocycles. The van der Waals surface area contributed by atoms with E-state index in [4.69, 9.17) is 24.0 Å². The minimum absolute atomic E-state index is 0.0183. The minimum Gasteiger partial charge on any atom is -0.744 e. The molecule has 5 heterocycles. The third kappa shape index (κ3) is 17.6. The minimum atomic E-state index is -4.81. The number of imide groups is 1. The first-order chi connectivity index (χ1) is 38.9. The number of carbonyl (C=O) groups excluding carboxylic acids is 5. The number of allylic oxidation sites excluding steroid dienone is 6. The molecule has 452 valence electrons. The first-order valence-electron chi connectivity index (χ1n) is 27.9. The van der Waals surface area contributed by atoms with Crippen molar-refractivity contribution in [2.45, 2.75) is 158 Å². The molecule has 26 heteroatoms. The monoisotopic (exact) mass is 1250 g/mol. The molecule has 5 unspecified atom stereocenters. The van der Waals surface area contributed by atoms with Gasteiger partial charge in [-0.2, -0.15) is 8.42 Å². The van der Waals surface area contributed by atoms with E-state index < -0.39 is 72.3 Å². The Labute approximate surface area is 488 Å². The van der Waals surface area contributed by atoms with Crippen molar-refractivity contribution in [1.82, 2.24) is 21.0 Å². The Morgan fingerprint density at radius 1 is 0.963 bits per heavy atom. The van der Waals surface area contributed by atoms with Crippen LogP contribution in [0.5, 0.6) is 0 Å². The third-order valence-corrected chi connectivity index (χ3v) is 17.6. The number of aliphatic imine (C=N–C) groups is 1. The lowest BCUT2D eigenvalue weighted by atomic mass is 9.77. The molecule has 4 aliphatic heterocycles. The average Bonchev–Trinajstić information content (AvgIpc) is 1.99. The molecule has 0 spiro atoms. The van der Waals surface area contributed by atoms with Gasteiger partial charge < -0.3 is 44.2 Å². The molecular formula is C56H78BrN7O16S2. The number of unbranched alkanes of at least 4 members (excludes halogenated alkanes) is 1. The van der Waals surface area contributed by atoms with Gasteiger partial charge in [0.2, 0.25) is 11.8 Å². The lowest BCUT2D eigenvalue weighted by molar-refractivity contribution is -0.685. The predicted molar refractivity (Wildman–Crippen MR) is 305 cm³/mol. The SMILES string of the molecule is CCCCN1\C2=C/C=C/C=C/C3=Nc4c(cc(Br)c[n+]4CCC(C)S(=O)(=O)O)C3(C)CCOCCC(O)NC(C(=O)NCCOCCC(=O)ON3C(=O)CCC3=O)CCCCNC(=O)CCOCCC2(C)c2cc(S(=O)(=O)[O-])cc(C)c21. The van der Waals surface area contributed by atoms with E-state index in [0.29, 0.717) is 66.5 Å². The van der Waals surface area contributed by atoms with E-state index in [1.807, 2.05) is 61.1 Å². The summed E-state index contributed by atoms with van der Waals surface area (Å²) in [6.07, 6.45) is 13.9. The molecular weight excluding hydrogens is 1170 g/mol. The molecule has 2 aromatic rings. The molecule has 1 aromatic carbocycles. The van der Waals surface area contributed by atoms with E-state index in [-0.39, 0.29) is 108 Å². The van der Waals surface area contributed by atoms with Gasteiger partial charge in [-0.1, -0.05) is 31.6 Å². The number of aryl methyl sites for hydroxylation is 2. The van der Waals surface area contributed by atoms with Crippen molar-refractivity contribution in [2.75, 3.05) is 64.2 Å². The fourth-order valence-corrected chi connectivity index (χ4v) is 11.7. The van der Waals surface area contributed by atoms with Crippen LogP contribution in [0.3, 0.4) is 0 Å². The zero-order valence-corrected chi connectivity index (χ0v) is 50.5. The highest BCUT2D eigenvalue weighted by Gasteiger charge is 2.47.